The van der Waals surface area contributed by atoms with E-state index in [1.807, 2.05) is 20.8 Å². The largest absolute Gasteiger partial charge is 0.514 e. The Labute approximate surface area is 72.0 Å². The molecule has 1 fully saturated rings. The third-order valence-electron chi connectivity index (χ3n) is 2.70. The van der Waals surface area contributed by atoms with Crippen molar-refractivity contribution < 1.29 is 19.5 Å². The average molecular weight is 174 g/mol. The number of aliphatic hydroxyl groups excluding tert-OH is 1. The van der Waals surface area contributed by atoms with Gasteiger partial charge in [-0.05, 0) is 20.8 Å². The number of hydrogen-bond donors (Lipinski definition) is 2. The highest BCUT2D eigenvalue weighted by molar-refractivity contribution is 5.58. The number of carbonyl (C=O) groups is 1. The summed E-state index contributed by atoms with van der Waals surface area (Å²) in [6, 6.07) is 0. The molecule has 0 aliphatic carbocycles. The zero-order chi connectivity index (χ0) is 9.57. The Bertz CT molecular complexity index is 201. The molecule has 0 bridgehead atoms. The average Bonchev–Trinajstić information content (AvgIpc) is 1.76. The number of nitrogens with zero attached hydrogens (tertiary/aromatic N) is 1. The zero-order valence-corrected chi connectivity index (χ0v) is 7.74. The molecule has 4 nitrogen and oxygen atoms in total. The number of rotatable bonds is 0. The molecule has 1 saturated heterocycles. The monoisotopic (exact) mass is 174 g/mol. The van der Waals surface area contributed by atoms with E-state index in [1.54, 1.807) is 0 Å². The van der Waals surface area contributed by atoms with Crippen LogP contribution in [0.5, 0.6) is 0 Å². The summed E-state index contributed by atoms with van der Waals surface area (Å²) in [6.07, 6.45) is -1.28. The van der Waals surface area contributed by atoms with Crippen molar-refractivity contribution in [2.24, 2.45) is 0 Å². The molecule has 70 valence electrons. The van der Waals surface area contributed by atoms with E-state index in [9.17, 15) is 4.79 Å². The molecule has 0 aromatic carbocycles. The molecule has 12 heavy (non-hydrogen) atoms. The summed E-state index contributed by atoms with van der Waals surface area (Å²) in [7, 11) is 0. The van der Waals surface area contributed by atoms with Gasteiger partial charge in [0, 0.05) is 0 Å². The van der Waals surface area contributed by atoms with Gasteiger partial charge in [-0.3, -0.25) is 0 Å². The van der Waals surface area contributed by atoms with Crippen LogP contribution < -0.4 is 0 Å². The Morgan fingerprint density at radius 1 is 1.42 bits per heavy atom. The van der Waals surface area contributed by atoms with Crippen LogP contribution >= 0.6 is 0 Å². The number of likely N-dealkylation sites (tertiary alicyclic amines) is 1. The van der Waals surface area contributed by atoms with Crippen molar-refractivity contribution >= 4 is 6.09 Å². The van der Waals surface area contributed by atoms with Gasteiger partial charge < -0.3 is 10.2 Å². The van der Waals surface area contributed by atoms with E-state index in [4.69, 9.17) is 10.2 Å². The fraction of sp³-hybridized carbons (Fsp3) is 0.875. The summed E-state index contributed by atoms with van der Waals surface area (Å²) in [6.45, 7) is 6.31. The second kappa shape index (κ2) is 2.44. The van der Waals surface area contributed by atoms with Gasteiger partial charge in [0.15, 0.2) is 6.10 Å². The standard InChI is InChI=1S/C8H15NO3/c1-8(2,3)9(7(11)12)4-6(10)5-9/h6,10H,4-5H2,1-3H3/p+1. The van der Waals surface area contributed by atoms with Crippen LogP contribution in [0.25, 0.3) is 0 Å². The van der Waals surface area contributed by atoms with Gasteiger partial charge in [-0.15, -0.1) is 0 Å². The normalized spacial score (nSPS) is 35.8. The van der Waals surface area contributed by atoms with Crippen molar-refractivity contribution in [1.82, 2.24) is 0 Å². The predicted molar refractivity (Wildman–Crippen MR) is 43.8 cm³/mol. The molecule has 1 amide bonds. The van der Waals surface area contributed by atoms with E-state index in [0.29, 0.717) is 13.1 Å². The number of carboxylic acid groups (broad SMARTS) is 1. The molecular formula is C8H16NO3+. The molecular weight excluding hydrogens is 158 g/mol. The molecule has 4 heteroatoms. The Hall–Kier alpha value is -0.610. The summed E-state index contributed by atoms with van der Waals surface area (Å²) < 4.78 is -0.0197. The van der Waals surface area contributed by atoms with Gasteiger partial charge >= 0.3 is 6.09 Å². The molecule has 0 spiro atoms. The van der Waals surface area contributed by atoms with Crippen molar-refractivity contribution in [2.45, 2.75) is 32.4 Å². The minimum absolute atomic E-state index is 0.0197. The second-order valence-corrected chi connectivity index (χ2v) is 4.44. The van der Waals surface area contributed by atoms with Crippen LogP contribution in [0.4, 0.5) is 4.79 Å². The lowest BCUT2D eigenvalue weighted by molar-refractivity contribution is -0.947. The predicted octanol–water partition coefficient (Wildman–Crippen LogP) is 0.654. The zero-order valence-electron chi connectivity index (χ0n) is 7.74. The van der Waals surface area contributed by atoms with E-state index in [2.05, 4.69) is 0 Å². The van der Waals surface area contributed by atoms with Crippen molar-refractivity contribution in [2.75, 3.05) is 13.1 Å². The lowest BCUT2D eigenvalue weighted by Gasteiger charge is -2.51. The maximum atomic E-state index is 11.0. The molecule has 0 aromatic rings. The number of quaternary nitrogens is 1. The van der Waals surface area contributed by atoms with Gasteiger partial charge in [0.25, 0.3) is 0 Å². The molecule has 0 unspecified atom stereocenters. The van der Waals surface area contributed by atoms with Crippen LogP contribution in [-0.4, -0.2) is 45.5 Å². The number of amides is 1. The molecule has 1 rings (SSSR count). The van der Waals surface area contributed by atoms with Crippen molar-refractivity contribution in [3.8, 4) is 0 Å². The maximum Gasteiger partial charge on any atom is 0.514 e. The summed E-state index contributed by atoms with van der Waals surface area (Å²) in [4.78, 5) is 11.0. The fourth-order valence-electron chi connectivity index (χ4n) is 1.66. The van der Waals surface area contributed by atoms with Gasteiger partial charge in [-0.1, -0.05) is 0 Å². The van der Waals surface area contributed by atoms with Gasteiger partial charge in [-0.2, -0.15) is 4.79 Å². The first-order valence-corrected chi connectivity index (χ1v) is 4.08. The Kier molecular flexibility index (Phi) is 1.92. The van der Waals surface area contributed by atoms with E-state index in [0.717, 1.165) is 0 Å². The fourth-order valence-corrected chi connectivity index (χ4v) is 1.66. The third-order valence-corrected chi connectivity index (χ3v) is 2.70. The molecule has 1 heterocycles. The molecule has 0 saturated carbocycles. The Morgan fingerprint density at radius 3 is 1.92 bits per heavy atom. The van der Waals surface area contributed by atoms with E-state index >= 15 is 0 Å². The summed E-state index contributed by atoms with van der Waals surface area (Å²) in [5, 5.41) is 18.1. The van der Waals surface area contributed by atoms with Gasteiger partial charge in [0.2, 0.25) is 0 Å². The SMILES string of the molecule is CC(C)(C)[N+]1(C(=O)O)CC(O)C1. The first-order chi connectivity index (χ1) is 5.29. The van der Waals surface area contributed by atoms with Crippen molar-refractivity contribution in [1.29, 1.82) is 0 Å². The molecule has 0 aromatic heterocycles. The lowest BCUT2D eigenvalue weighted by Crippen LogP contribution is -2.75. The third kappa shape index (κ3) is 1.11. The van der Waals surface area contributed by atoms with Gasteiger partial charge in [0.1, 0.15) is 18.6 Å². The quantitative estimate of drug-likeness (QED) is 0.530. The van der Waals surface area contributed by atoms with Crippen molar-refractivity contribution in [3.63, 3.8) is 0 Å². The Morgan fingerprint density at radius 2 is 1.83 bits per heavy atom. The minimum Gasteiger partial charge on any atom is -0.435 e. The first-order valence-electron chi connectivity index (χ1n) is 4.08. The van der Waals surface area contributed by atoms with Crippen LogP contribution in [0.3, 0.4) is 0 Å². The van der Waals surface area contributed by atoms with E-state index in [-0.39, 0.29) is 10.0 Å². The minimum atomic E-state index is -0.840. The van der Waals surface area contributed by atoms with Crippen LogP contribution in [0.15, 0.2) is 0 Å². The highest BCUT2D eigenvalue weighted by Gasteiger charge is 2.57. The Balaban J connectivity index is 2.84. The number of aliphatic hydroxyl groups is 1. The van der Waals surface area contributed by atoms with Gasteiger partial charge in [0.05, 0.1) is 0 Å². The van der Waals surface area contributed by atoms with Crippen LogP contribution in [-0.2, 0) is 0 Å². The second-order valence-electron chi connectivity index (χ2n) is 4.44. The van der Waals surface area contributed by atoms with Crippen LogP contribution in [0, 0.1) is 0 Å². The summed E-state index contributed by atoms with van der Waals surface area (Å²) in [5.74, 6) is 0. The maximum absolute atomic E-state index is 11.0. The molecule has 2 N–H and O–H groups in total. The van der Waals surface area contributed by atoms with Crippen LogP contribution in [0.2, 0.25) is 0 Å². The summed E-state index contributed by atoms with van der Waals surface area (Å²) in [5.41, 5.74) is -0.328. The topological polar surface area (TPSA) is 57.5 Å². The smallest absolute Gasteiger partial charge is 0.435 e. The molecule has 1 aliphatic rings. The van der Waals surface area contributed by atoms with E-state index in [1.165, 1.54) is 0 Å². The number of hydrogen-bond acceptors (Lipinski definition) is 2. The van der Waals surface area contributed by atoms with E-state index < -0.39 is 12.2 Å². The van der Waals surface area contributed by atoms with Gasteiger partial charge in [-0.25, -0.2) is 4.48 Å². The van der Waals surface area contributed by atoms with Crippen molar-refractivity contribution in [3.05, 3.63) is 0 Å². The lowest BCUT2D eigenvalue weighted by atomic mass is 9.94. The molecule has 0 atom stereocenters. The highest BCUT2D eigenvalue weighted by Crippen LogP contribution is 2.32. The summed E-state index contributed by atoms with van der Waals surface area (Å²) >= 11 is 0. The first kappa shape index (κ1) is 9.48. The molecule has 0 radical (unpaired) electrons. The molecule has 1 aliphatic heterocycles. The highest BCUT2D eigenvalue weighted by atomic mass is 16.4. The van der Waals surface area contributed by atoms with Crippen LogP contribution in [0.1, 0.15) is 20.8 Å².